The third kappa shape index (κ3) is 2.44. The first-order chi connectivity index (χ1) is 10.6. The second-order valence-electron chi connectivity index (χ2n) is 4.77. The number of carbonyl (C=O) groups is 1. The van der Waals surface area contributed by atoms with Gasteiger partial charge in [0.05, 0.1) is 11.2 Å². The van der Waals surface area contributed by atoms with Gasteiger partial charge in [0, 0.05) is 22.8 Å². The summed E-state index contributed by atoms with van der Waals surface area (Å²) in [6.07, 6.45) is 1.59. The number of thiazole rings is 1. The number of pyridine rings is 1. The summed E-state index contributed by atoms with van der Waals surface area (Å²) in [6.45, 7) is 1.61. The molecule has 5 nitrogen and oxygen atoms in total. The molecule has 0 unspecified atom stereocenters. The summed E-state index contributed by atoms with van der Waals surface area (Å²) >= 11 is 1.51. The van der Waals surface area contributed by atoms with E-state index in [4.69, 9.17) is 5.11 Å². The number of nitrogens with zero attached hydrogens (tertiary/aromatic N) is 2. The average molecular weight is 312 g/mol. The van der Waals surface area contributed by atoms with Gasteiger partial charge in [-0.3, -0.25) is 9.36 Å². The van der Waals surface area contributed by atoms with Crippen LogP contribution < -0.4 is 5.56 Å². The molecule has 2 aromatic heterocycles. The number of carboxylic acid groups (broad SMARTS) is 1. The van der Waals surface area contributed by atoms with Gasteiger partial charge in [-0.1, -0.05) is 12.1 Å². The molecular weight excluding hydrogens is 300 g/mol. The molecule has 2 heterocycles. The van der Waals surface area contributed by atoms with Crippen LogP contribution in [0.25, 0.3) is 16.9 Å². The van der Waals surface area contributed by atoms with Gasteiger partial charge >= 0.3 is 5.97 Å². The minimum Gasteiger partial charge on any atom is -0.477 e. The summed E-state index contributed by atoms with van der Waals surface area (Å²) in [5.41, 5.74) is 3.91. The lowest BCUT2D eigenvalue weighted by atomic mass is 10.1. The van der Waals surface area contributed by atoms with Crippen LogP contribution >= 0.6 is 11.3 Å². The monoisotopic (exact) mass is 312 g/mol. The van der Waals surface area contributed by atoms with E-state index in [-0.39, 0.29) is 5.56 Å². The molecule has 0 radical (unpaired) electrons. The number of aryl methyl sites for hydroxylation is 1. The third-order valence-corrected chi connectivity index (χ3v) is 3.97. The Morgan fingerprint density at radius 2 is 1.95 bits per heavy atom. The molecule has 3 rings (SSSR count). The predicted molar refractivity (Wildman–Crippen MR) is 84.8 cm³/mol. The molecule has 0 atom stereocenters. The molecule has 0 aliphatic heterocycles. The largest absolute Gasteiger partial charge is 0.477 e. The first-order valence-corrected chi connectivity index (χ1v) is 7.47. The standard InChI is InChI=1S/C16H12N2O3S/c1-10-6-7-18(15(19)14(10)16(20)21)12-4-2-11(3-5-12)13-8-22-9-17-13/h2-9H,1H3,(H,20,21). The summed E-state index contributed by atoms with van der Waals surface area (Å²) in [5, 5.41) is 11.1. The maximum absolute atomic E-state index is 12.3. The summed E-state index contributed by atoms with van der Waals surface area (Å²) in [6, 6.07) is 8.89. The molecule has 6 heteroatoms. The van der Waals surface area contributed by atoms with Crippen molar-refractivity contribution in [3.63, 3.8) is 0 Å². The smallest absolute Gasteiger partial charge is 0.341 e. The van der Waals surface area contributed by atoms with Crippen molar-refractivity contribution < 1.29 is 9.90 Å². The van der Waals surface area contributed by atoms with Crippen LogP contribution in [0.5, 0.6) is 0 Å². The van der Waals surface area contributed by atoms with Gasteiger partial charge in [0.2, 0.25) is 0 Å². The van der Waals surface area contributed by atoms with Crippen LogP contribution in [0.4, 0.5) is 0 Å². The normalized spacial score (nSPS) is 10.6. The summed E-state index contributed by atoms with van der Waals surface area (Å²) in [5.74, 6) is -1.21. The van der Waals surface area contributed by atoms with E-state index in [1.165, 1.54) is 15.9 Å². The van der Waals surface area contributed by atoms with Crippen molar-refractivity contribution >= 4 is 17.3 Å². The zero-order chi connectivity index (χ0) is 15.7. The highest BCUT2D eigenvalue weighted by atomic mass is 32.1. The van der Waals surface area contributed by atoms with Crippen molar-refractivity contribution in [2.45, 2.75) is 6.92 Å². The quantitative estimate of drug-likeness (QED) is 0.807. The molecule has 0 aliphatic rings. The van der Waals surface area contributed by atoms with Crippen molar-refractivity contribution in [2.24, 2.45) is 0 Å². The second kappa shape index (κ2) is 5.57. The molecule has 110 valence electrons. The zero-order valence-corrected chi connectivity index (χ0v) is 12.5. The minimum absolute atomic E-state index is 0.203. The number of hydrogen-bond acceptors (Lipinski definition) is 4. The van der Waals surface area contributed by atoms with Crippen molar-refractivity contribution in [3.8, 4) is 16.9 Å². The molecule has 0 spiro atoms. The van der Waals surface area contributed by atoms with Gasteiger partial charge in [-0.25, -0.2) is 9.78 Å². The highest BCUT2D eigenvalue weighted by molar-refractivity contribution is 7.07. The van der Waals surface area contributed by atoms with Gasteiger partial charge in [-0.15, -0.1) is 11.3 Å². The van der Waals surface area contributed by atoms with Crippen LogP contribution in [-0.4, -0.2) is 20.6 Å². The summed E-state index contributed by atoms with van der Waals surface area (Å²) < 4.78 is 1.33. The highest BCUT2D eigenvalue weighted by Crippen LogP contribution is 2.20. The second-order valence-corrected chi connectivity index (χ2v) is 5.49. The number of aromatic carboxylic acids is 1. The van der Waals surface area contributed by atoms with Gasteiger partial charge in [0.1, 0.15) is 5.56 Å². The van der Waals surface area contributed by atoms with Crippen LogP contribution in [0.3, 0.4) is 0 Å². The Morgan fingerprint density at radius 3 is 2.55 bits per heavy atom. The predicted octanol–water partition coefficient (Wildman–Crippen LogP) is 2.97. The Labute approximate surface area is 130 Å². The van der Waals surface area contributed by atoms with E-state index in [1.54, 1.807) is 36.8 Å². The fraction of sp³-hybridized carbons (Fsp3) is 0.0625. The van der Waals surface area contributed by atoms with Crippen molar-refractivity contribution in [3.05, 3.63) is 68.9 Å². The molecule has 0 amide bonds. The lowest BCUT2D eigenvalue weighted by molar-refractivity contribution is 0.0694. The van der Waals surface area contributed by atoms with E-state index >= 15 is 0 Å². The Kier molecular flexibility index (Phi) is 3.60. The van der Waals surface area contributed by atoms with Crippen LogP contribution in [0.15, 0.2) is 52.2 Å². The van der Waals surface area contributed by atoms with Crippen molar-refractivity contribution in [1.29, 1.82) is 0 Å². The fourth-order valence-corrected chi connectivity index (χ4v) is 2.80. The van der Waals surface area contributed by atoms with E-state index in [2.05, 4.69) is 4.98 Å². The van der Waals surface area contributed by atoms with Gasteiger partial charge in [0.15, 0.2) is 0 Å². The molecular formula is C16H12N2O3S. The number of carboxylic acids is 1. The Balaban J connectivity index is 2.07. The van der Waals surface area contributed by atoms with Crippen molar-refractivity contribution in [1.82, 2.24) is 9.55 Å². The maximum Gasteiger partial charge on any atom is 0.341 e. The third-order valence-electron chi connectivity index (χ3n) is 3.39. The summed E-state index contributed by atoms with van der Waals surface area (Å²) in [7, 11) is 0. The van der Waals surface area contributed by atoms with Gasteiger partial charge in [-0.2, -0.15) is 0 Å². The average Bonchev–Trinajstić information content (AvgIpc) is 3.01. The van der Waals surface area contributed by atoms with Crippen LogP contribution in [0.2, 0.25) is 0 Å². The van der Waals surface area contributed by atoms with Gasteiger partial charge in [0.25, 0.3) is 5.56 Å². The highest BCUT2D eigenvalue weighted by Gasteiger charge is 2.15. The number of aromatic nitrogens is 2. The molecule has 0 bridgehead atoms. The fourth-order valence-electron chi connectivity index (χ4n) is 2.24. The molecule has 3 aromatic rings. The van der Waals surface area contributed by atoms with Gasteiger partial charge in [-0.05, 0) is 30.7 Å². The van der Waals surface area contributed by atoms with E-state index < -0.39 is 11.5 Å². The molecule has 22 heavy (non-hydrogen) atoms. The first-order valence-electron chi connectivity index (χ1n) is 6.52. The minimum atomic E-state index is -1.21. The number of hydrogen-bond donors (Lipinski definition) is 1. The SMILES string of the molecule is Cc1ccn(-c2ccc(-c3cscn3)cc2)c(=O)c1C(=O)O. The van der Waals surface area contributed by atoms with Crippen LogP contribution in [-0.2, 0) is 0 Å². The number of benzene rings is 1. The van der Waals surface area contributed by atoms with Crippen LogP contribution in [0.1, 0.15) is 15.9 Å². The zero-order valence-electron chi connectivity index (χ0n) is 11.7. The summed E-state index contributed by atoms with van der Waals surface area (Å²) in [4.78, 5) is 27.8. The first kappa shape index (κ1) is 14.2. The molecule has 1 N–H and O–H groups in total. The van der Waals surface area contributed by atoms with E-state index in [0.717, 1.165) is 11.3 Å². The van der Waals surface area contributed by atoms with E-state index in [1.807, 2.05) is 17.5 Å². The Morgan fingerprint density at radius 1 is 1.23 bits per heavy atom. The lowest BCUT2D eigenvalue weighted by Gasteiger charge is -2.09. The molecule has 0 fully saturated rings. The van der Waals surface area contributed by atoms with E-state index in [0.29, 0.717) is 11.3 Å². The lowest BCUT2D eigenvalue weighted by Crippen LogP contribution is -2.25. The topological polar surface area (TPSA) is 72.2 Å². The number of rotatable bonds is 3. The Bertz CT molecular complexity index is 881. The molecule has 0 aliphatic carbocycles. The maximum atomic E-state index is 12.3. The van der Waals surface area contributed by atoms with Crippen LogP contribution in [0, 0.1) is 6.92 Å². The molecule has 0 saturated carbocycles. The van der Waals surface area contributed by atoms with E-state index in [9.17, 15) is 9.59 Å². The molecule has 0 saturated heterocycles. The Hall–Kier alpha value is -2.73. The van der Waals surface area contributed by atoms with Crippen molar-refractivity contribution in [2.75, 3.05) is 0 Å². The van der Waals surface area contributed by atoms with Gasteiger partial charge < -0.3 is 5.11 Å². The molecule has 1 aromatic carbocycles.